The van der Waals surface area contributed by atoms with Crippen LogP contribution in [0.15, 0.2) is 48.5 Å². The van der Waals surface area contributed by atoms with Crippen molar-refractivity contribution in [1.29, 1.82) is 0 Å². The van der Waals surface area contributed by atoms with E-state index in [0.717, 1.165) is 30.6 Å². The Morgan fingerprint density at radius 2 is 1.75 bits per heavy atom. The van der Waals surface area contributed by atoms with E-state index in [1.54, 1.807) is 17.0 Å². The maximum absolute atomic E-state index is 13.4. The fourth-order valence-corrected chi connectivity index (χ4v) is 5.72. The van der Waals surface area contributed by atoms with Crippen LogP contribution in [0.25, 0.3) is 0 Å². The number of amides is 1. The average Bonchev–Trinajstić information content (AvgIpc) is 3.14. The standard InChI is InChI=1S/C26H35NO4S/c1-4-5-6-16-31-25-13-11-23(12-14-25)26(28)27(24-15-17-32(29,30)19-24)18-21-7-9-22(10-8-21)20(2)3/h7-14,20,24H,4-6,15-19H2,1-3H3/t24-/m1/s1. The Morgan fingerprint density at radius 1 is 1.06 bits per heavy atom. The molecule has 0 bridgehead atoms. The van der Waals surface area contributed by atoms with Gasteiger partial charge in [-0.3, -0.25) is 4.79 Å². The van der Waals surface area contributed by atoms with Gasteiger partial charge in [0.15, 0.2) is 9.84 Å². The molecule has 5 nitrogen and oxygen atoms in total. The molecular weight excluding hydrogens is 422 g/mol. The highest BCUT2D eigenvalue weighted by molar-refractivity contribution is 7.91. The molecule has 2 aromatic rings. The van der Waals surface area contributed by atoms with Crippen molar-refractivity contribution >= 4 is 15.7 Å². The molecule has 0 aromatic heterocycles. The minimum Gasteiger partial charge on any atom is -0.494 e. The van der Waals surface area contributed by atoms with E-state index in [0.29, 0.717) is 31.1 Å². The summed E-state index contributed by atoms with van der Waals surface area (Å²) in [5.41, 5.74) is 2.79. The molecule has 32 heavy (non-hydrogen) atoms. The quantitative estimate of drug-likeness (QED) is 0.460. The van der Waals surface area contributed by atoms with E-state index < -0.39 is 9.84 Å². The van der Waals surface area contributed by atoms with Crippen LogP contribution < -0.4 is 4.74 Å². The van der Waals surface area contributed by atoms with Gasteiger partial charge in [0.05, 0.1) is 18.1 Å². The number of carbonyl (C=O) groups is 1. The molecule has 1 heterocycles. The lowest BCUT2D eigenvalue weighted by Gasteiger charge is -2.29. The van der Waals surface area contributed by atoms with Crippen LogP contribution in [0.2, 0.25) is 0 Å². The Balaban J connectivity index is 1.76. The van der Waals surface area contributed by atoms with E-state index in [-0.39, 0.29) is 23.5 Å². The predicted molar refractivity (Wildman–Crippen MR) is 129 cm³/mol. The van der Waals surface area contributed by atoms with Gasteiger partial charge in [-0.15, -0.1) is 0 Å². The van der Waals surface area contributed by atoms with E-state index in [2.05, 4.69) is 32.9 Å². The minimum absolute atomic E-state index is 0.0292. The fourth-order valence-electron chi connectivity index (χ4n) is 3.99. The van der Waals surface area contributed by atoms with Crippen molar-refractivity contribution < 1.29 is 17.9 Å². The number of unbranched alkanes of at least 4 members (excludes halogenated alkanes) is 2. The van der Waals surface area contributed by atoms with E-state index >= 15 is 0 Å². The fraction of sp³-hybridized carbons (Fsp3) is 0.500. The van der Waals surface area contributed by atoms with Gasteiger partial charge in [-0.2, -0.15) is 0 Å². The first-order chi connectivity index (χ1) is 15.3. The molecular formula is C26H35NO4S. The lowest BCUT2D eigenvalue weighted by Crippen LogP contribution is -2.40. The van der Waals surface area contributed by atoms with Crippen LogP contribution in [0.3, 0.4) is 0 Å². The molecule has 1 aliphatic heterocycles. The second-order valence-electron chi connectivity index (χ2n) is 8.97. The molecule has 1 aliphatic rings. The molecule has 0 unspecified atom stereocenters. The van der Waals surface area contributed by atoms with Gasteiger partial charge in [-0.05, 0) is 54.2 Å². The molecule has 2 aromatic carbocycles. The summed E-state index contributed by atoms with van der Waals surface area (Å²) in [5.74, 6) is 1.21. The second-order valence-corrected chi connectivity index (χ2v) is 11.2. The van der Waals surface area contributed by atoms with Gasteiger partial charge < -0.3 is 9.64 Å². The Labute approximate surface area is 192 Å². The molecule has 0 N–H and O–H groups in total. The zero-order valence-electron chi connectivity index (χ0n) is 19.4. The van der Waals surface area contributed by atoms with Crippen molar-refractivity contribution in [3.05, 3.63) is 65.2 Å². The van der Waals surface area contributed by atoms with Crippen LogP contribution in [-0.2, 0) is 16.4 Å². The topological polar surface area (TPSA) is 63.7 Å². The van der Waals surface area contributed by atoms with E-state index in [4.69, 9.17) is 4.74 Å². The van der Waals surface area contributed by atoms with Crippen molar-refractivity contribution in [2.45, 2.75) is 65.0 Å². The first kappa shape index (κ1) is 24.3. The van der Waals surface area contributed by atoms with Crippen LogP contribution in [0.1, 0.15) is 73.9 Å². The monoisotopic (exact) mass is 457 g/mol. The van der Waals surface area contributed by atoms with Crippen molar-refractivity contribution in [2.75, 3.05) is 18.1 Å². The third-order valence-electron chi connectivity index (χ3n) is 6.03. The predicted octanol–water partition coefficient (Wildman–Crippen LogP) is 5.21. The Morgan fingerprint density at radius 3 is 2.31 bits per heavy atom. The molecule has 1 fully saturated rings. The molecule has 1 amide bonds. The van der Waals surface area contributed by atoms with Gasteiger partial charge in [0, 0.05) is 18.2 Å². The van der Waals surface area contributed by atoms with E-state index in [9.17, 15) is 13.2 Å². The zero-order chi connectivity index (χ0) is 23.1. The van der Waals surface area contributed by atoms with Gasteiger partial charge in [0.2, 0.25) is 0 Å². The number of hydrogen-bond acceptors (Lipinski definition) is 4. The van der Waals surface area contributed by atoms with Crippen molar-refractivity contribution in [2.24, 2.45) is 0 Å². The number of rotatable bonds is 10. The number of ether oxygens (including phenoxy) is 1. The second kappa shape index (κ2) is 11.0. The van der Waals surface area contributed by atoms with Gasteiger partial charge in [0.25, 0.3) is 5.91 Å². The highest BCUT2D eigenvalue weighted by Gasteiger charge is 2.35. The van der Waals surface area contributed by atoms with Crippen molar-refractivity contribution in [3.63, 3.8) is 0 Å². The van der Waals surface area contributed by atoms with Crippen LogP contribution >= 0.6 is 0 Å². The summed E-state index contributed by atoms with van der Waals surface area (Å²) >= 11 is 0. The largest absolute Gasteiger partial charge is 0.494 e. The molecule has 6 heteroatoms. The SMILES string of the molecule is CCCCCOc1ccc(C(=O)N(Cc2ccc(C(C)C)cc2)[C@@H]2CCS(=O)(=O)C2)cc1. The molecule has 1 atom stereocenters. The van der Waals surface area contributed by atoms with Crippen LogP contribution in [0, 0.1) is 0 Å². The summed E-state index contributed by atoms with van der Waals surface area (Å²) in [6.07, 6.45) is 3.77. The Bertz CT molecular complexity index is 981. The van der Waals surface area contributed by atoms with E-state index in [1.807, 2.05) is 24.3 Å². The summed E-state index contributed by atoms with van der Waals surface area (Å²) < 4.78 is 30.0. The maximum atomic E-state index is 13.4. The van der Waals surface area contributed by atoms with Crippen LogP contribution in [0.5, 0.6) is 5.75 Å². The Kier molecular flexibility index (Phi) is 8.35. The number of benzene rings is 2. The normalized spacial score (nSPS) is 17.4. The average molecular weight is 458 g/mol. The molecule has 1 saturated heterocycles. The Hall–Kier alpha value is -2.34. The zero-order valence-corrected chi connectivity index (χ0v) is 20.2. The highest BCUT2D eigenvalue weighted by atomic mass is 32.2. The number of hydrogen-bond donors (Lipinski definition) is 0. The smallest absolute Gasteiger partial charge is 0.254 e. The van der Waals surface area contributed by atoms with Gasteiger partial charge in [-0.1, -0.05) is 57.9 Å². The van der Waals surface area contributed by atoms with Gasteiger partial charge >= 0.3 is 0 Å². The van der Waals surface area contributed by atoms with Gasteiger partial charge in [-0.25, -0.2) is 8.42 Å². The summed E-state index contributed by atoms with van der Waals surface area (Å²) in [6.45, 7) is 7.50. The molecule has 3 rings (SSSR count). The van der Waals surface area contributed by atoms with Crippen LogP contribution in [0.4, 0.5) is 0 Å². The summed E-state index contributed by atoms with van der Waals surface area (Å²) in [6, 6.07) is 15.1. The summed E-state index contributed by atoms with van der Waals surface area (Å²) in [7, 11) is -3.10. The number of nitrogens with zero attached hydrogens (tertiary/aromatic N) is 1. The first-order valence-corrected chi connectivity index (χ1v) is 13.4. The highest BCUT2D eigenvalue weighted by Crippen LogP contribution is 2.24. The molecule has 0 saturated carbocycles. The van der Waals surface area contributed by atoms with Crippen LogP contribution in [-0.4, -0.2) is 43.4 Å². The molecule has 174 valence electrons. The number of carbonyl (C=O) groups excluding carboxylic acids is 1. The lowest BCUT2D eigenvalue weighted by molar-refractivity contribution is 0.0681. The first-order valence-electron chi connectivity index (χ1n) is 11.6. The third kappa shape index (κ3) is 6.58. The van der Waals surface area contributed by atoms with Gasteiger partial charge in [0.1, 0.15) is 5.75 Å². The summed E-state index contributed by atoms with van der Waals surface area (Å²) in [4.78, 5) is 15.2. The maximum Gasteiger partial charge on any atom is 0.254 e. The minimum atomic E-state index is -3.10. The lowest BCUT2D eigenvalue weighted by atomic mass is 10.0. The van der Waals surface area contributed by atoms with Crippen molar-refractivity contribution in [3.8, 4) is 5.75 Å². The number of sulfone groups is 1. The molecule has 0 spiro atoms. The third-order valence-corrected chi connectivity index (χ3v) is 7.78. The van der Waals surface area contributed by atoms with Crippen molar-refractivity contribution in [1.82, 2.24) is 4.90 Å². The van der Waals surface area contributed by atoms with E-state index in [1.165, 1.54) is 5.56 Å². The molecule has 0 radical (unpaired) electrons. The summed E-state index contributed by atoms with van der Waals surface area (Å²) in [5, 5.41) is 0. The molecule has 0 aliphatic carbocycles.